The van der Waals surface area contributed by atoms with Gasteiger partial charge in [0.05, 0.1) is 24.0 Å². The number of esters is 1. The molecule has 4 nitrogen and oxygen atoms in total. The third-order valence-electron chi connectivity index (χ3n) is 4.93. The Bertz CT molecular complexity index is 515. The Labute approximate surface area is 119 Å². The van der Waals surface area contributed by atoms with Crippen LogP contribution in [0.2, 0.25) is 0 Å². The number of fused-ring (bicyclic) bond motifs is 2. The Balaban J connectivity index is 1.72. The van der Waals surface area contributed by atoms with Crippen molar-refractivity contribution >= 4 is 17.3 Å². The lowest BCUT2D eigenvalue weighted by Gasteiger charge is -2.23. The molecule has 0 saturated heterocycles. The van der Waals surface area contributed by atoms with E-state index in [2.05, 4.69) is 5.32 Å². The summed E-state index contributed by atoms with van der Waals surface area (Å²) in [7, 11) is 1.39. The molecule has 2 aliphatic rings. The SMILES string of the molecule is COC(=O)c1cccc(N)c1NCC1CC2CCC1C2. The lowest BCUT2D eigenvalue weighted by molar-refractivity contribution is 0.0602. The Morgan fingerprint density at radius 1 is 1.40 bits per heavy atom. The molecule has 0 aromatic heterocycles. The molecule has 4 heteroatoms. The molecule has 2 aliphatic carbocycles. The van der Waals surface area contributed by atoms with E-state index in [1.165, 1.54) is 32.8 Å². The number of hydrogen-bond acceptors (Lipinski definition) is 4. The molecule has 3 N–H and O–H groups in total. The third-order valence-corrected chi connectivity index (χ3v) is 4.93. The molecule has 20 heavy (non-hydrogen) atoms. The number of nitrogens with two attached hydrogens (primary N) is 1. The van der Waals surface area contributed by atoms with Crippen LogP contribution in [0.3, 0.4) is 0 Å². The van der Waals surface area contributed by atoms with Crippen molar-refractivity contribution in [1.29, 1.82) is 0 Å². The molecule has 0 radical (unpaired) electrons. The summed E-state index contributed by atoms with van der Waals surface area (Å²) in [5.41, 5.74) is 7.86. The second kappa shape index (κ2) is 5.35. The van der Waals surface area contributed by atoms with Crippen LogP contribution in [0, 0.1) is 17.8 Å². The number of nitrogen functional groups attached to an aromatic ring is 1. The van der Waals surface area contributed by atoms with Gasteiger partial charge in [0.15, 0.2) is 0 Å². The largest absolute Gasteiger partial charge is 0.465 e. The fourth-order valence-corrected chi connectivity index (χ4v) is 3.91. The second-order valence-corrected chi connectivity index (χ2v) is 6.08. The minimum atomic E-state index is -0.340. The molecule has 3 atom stereocenters. The highest BCUT2D eigenvalue weighted by Crippen LogP contribution is 2.48. The van der Waals surface area contributed by atoms with E-state index >= 15 is 0 Å². The number of carbonyl (C=O) groups is 1. The van der Waals surface area contributed by atoms with Gasteiger partial charge in [-0.1, -0.05) is 12.5 Å². The van der Waals surface area contributed by atoms with Crippen LogP contribution in [-0.2, 0) is 4.74 Å². The summed E-state index contributed by atoms with van der Waals surface area (Å²) in [4.78, 5) is 11.8. The van der Waals surface area contributed by atoms with Crippen LogP contribution in [0.1, 0.15) is 36.0 Å². The molecule has 2 bridgehead atoms. The summed E-state index contributed by atoms with van der Waals surface area (Å²) in [6.07, 6.45) is 5.48. The Hall–Kier alpha value is -1.71. The summed E-state index contributed by atoms with van der Waals surface area (Å²) in [5, 5.41) is 3.40. The van der Waals surface area contributed by atoms with Crippen LogP contribution in [-0.4, -0.2) is 19.6 Å². The molecule has 0 heterocycles. The summed E-state index contributed by atoms with van der Waals surface area (Å²) in [6.45, 7) is 0.902. The van der Waals surface area contributed by atoms with Crippen molar-refractivity contribution in [2.45, 2.75) is 25.7 Å². The average molecular weight is 274 g/mol. The van der Waals surface area contributed by atoms with E-state index in [1.54, 1.807) is 12.1 Å². The molecule has 1 aromatic rings. The smallest absolute Gasteiger partial charge is 0.340 e. The summed E-state index contributed by atoms with van der Waals surface area (Å²) in [5.74, 6) is 2.17. The molecule has 3 unspecified atom stereocenters. The summed E-state index contributed by atoms with van der Waals surface area (Å²) >= 11 is 0. The van der Waals surface area contributed by atoms with Crippen LogP contribution >= 0.6 is 0 Å². The van der Waals surface area contributed by atoms with Gasteiger partial charge in [-0.05, 0) is 49.1 Å². The maximum absolute atomic E-state index is 11.8. The van der Waals surface area contributed by atoms with Crippen molar-refractivity contribution < 1.29 is 9.53 Å². The van der Waals surface area contributed by atoms with Crippen molar-refractivity contribution in [1.82, 2.24) is 0 Å². The van der Waals surface area contributed by atoms with E-state index in [0.717, 1.165) is 30.0 Å². The summed E-state index contributed by atoms with van der Waals surface area (Å²) < 4.78 is 4.82. The number of benzene rings is 1. The Morgan fingerprint density at radius 3 is 2.90 bits per heavy atom. The molecule has 0 aliphatic heterocycles. The monoisotopic (exact) mass is 274 g/mol. The van der Waals surface area contributed by atoms with Gasteiger partial charge in [-0.3, -0.25) is 0 Å². The van der Waals surface area contributed by atoms with Crippen LogP contribution in [0.5, 0.6) is 0 Å². The van der Waals surface area contributed by atoms with Crippen LogP contribution in [0.4, 0.5) is 11.4 Å². The van der Waals surface area contributed by atoms with Gasteiger partial charge in [0.25, 0.3) is 0 Å². The predicted molar refractivity (Wildman–Crippen MR) is 79.6 cm³/mol. The molecule has 2 saturated carbocycles. The first-order valence-electron chi connectivity index (χ1n) is 7.39. The van der Waals surface area contributed by atoms with Crippen molar-refractivity contribution in [2.24, 2.45) is 17.8 Å². The van der Waals surface area contributed by atoms with Crippen molar-refractivity contribution in [3.05, 3.63) is 23.8 Å². The van der Waals surface area contributed by atoms with Crippen molar-refractivity contribution in [2.75, 3.05) is 24.7 Å². The number of hydrogen-bond donors (Lipinski definition) is 2. The first kappa shape index (κ1) is 13.3. The molecule has 1 aromatic carbocycles. The van der Waals surface area contributed by atoms with Gasteiger partial charge >= 0.3 is 5.97 Å². The topological polar surface area (TPSA) is 64.3 Å². The lowest BCUT2D eigenvalue weighted by atomic mass is 9.89. The average Bonchev–Trinajstić information content (AvgIpc) is 3.07. The van der Waals surface area contributed by atoms with E-state index in [1.807, 2.05) is 6.07 Å². The predicted octanol–water partition coefficient (Wildman–Crippen LogP) is 2.90. The van der Waals surface area contributed by atoms with Gasteiger partial charge in [-0.2, -0.15) is 0 Å². The standard InChI is InChI=1S/C16H22N2O2/c1-20-16(19)13-3-2-4-14(17)15(13)18-9-12-8-10-5-6-11(12)7-10/h2-4,10-12,18H,5-9,17H2,1H3. The minimum absolute atomic E-state index is 0.340. The number of carbonyl (C=O) groups excluding carboxylic acids is 1. The van der Waals surface area contributed by atoms with Crippen LogP contribution < -0.4 is 11.1 Å². The van der Waals surface area contributed by atoms with E-state index < -0.39 is 0 Å². The zero-order chi connectivity index (χ0) is 14.1. The van der Waals surface area contributed by atoms with E-state index in [0.29, 0.717) is 11.3 Å². The number of anilines is 2. The third kappa shape index (κ3) is 2.35. The Morgan fingerprint density at radius 2 is 2.25 bits per heavy atom. The molecular weight excluding hydrogens is 252 g/mol. The highest BCUT2D eigenvalue weighted by molar-refractivity contribution is 5.98. The fraction of sp³-hybridized carbons (Fsp3) is 0.562. The number of methoxy groups -OCH3 is 1. The maximum atomic E-state index is 11.8. The number of ether oxygens (including phenoxy) is 1. The molecule has 2 fully saturated rings. The van der Waals surface area contributed by atoms with Gasteiger partial charge in [-0.25, -0.2) is 4.79 Å². The first-order chi connectivity index (χ1) is 9.69. The van der Waals surface area contributed by atoms with E-state index in [-0.39, 0.29) is 5.97 Å². The zero-order valence-corrected chi connectivity index (χ0v) is 11.9. The fourth-order valence-electron chi connectivity index (χ4n) is 3.91. The van der Waals surface area contributed by atoms with Crippen LogP contribution in [0.25, 0.3) is 0 Å². The lowest BCUT2D eigenvalue weighted by Crippen LogP contribution is -2.21. The van der Waals surface area contributed by atoms with E-state index in [9.17, 15) is 4.79 Å². The molecule has 108 valence electrons. The molecule has 0 spiro atoms. The number of nitrogens with one attached hydrogen (secondary N) is 1. The van der Waals surface area contributed by atoms with E-state index in [4.69, 9.17) is 10.5 Å². The minimum Gasteiger partial charge on any atom is -0.465 e. The van der Waals surface area contributed by atoms with Crippen LogP contribution in [0.15, 0.2) is 18.2 Å². The molecular formula is C16H22N2O2. The molecule has 0 amide bonds. The second-order valence-electron chi connectivity index (χ2n) is 6.08. The highest BCUT2D eigenvalue weighted by Gasteiger charge is 2.39. The maximum Gasteiger partial charge on any atom is 0.340 e. The summed E-state index contributed by atoms with van der Waals surface area (Å²) in [6, 6.07) is 5.35. The van der Waals surface area contributed by atoms with Crippen molar-refractivity contribution in [3.63, 3.8) is 0 Å². The van der Waals surface area contributed by atoms with Crippen molar-refractivity contribution in [3.8, 4) is 0 Å². The number of para-hydroxylation sites is 1. The highest BCUT2D eigenvalue weighted by atomic mass is 16.5. The number of rotatable bonds is 4. The van der Waals surface area contributed by atoms with Gasteiger partial charge in [0.1, 0.15) is 0 Å². The van der Waals surface area contributed by atoms with Gasteiger partial charge < -0.3 is 15.8 Å². The Kier molecular flexibility index (Phi) is 3.55. The van der Waals surface area contributed by atoms with Gasteiger partial charge in [0.2, 0.25) is 0 Å². The quantitative estimate of drug-likeness (QED) is 0.654. The van der Waals surface area contributed by atoms with Gasteiger partial charge in [-0.15, -0.1) is 0 Å². The zero-order valence-electron chi connectivity index (χ0n) is 11.9. The first-order valence-corrected chi connectivity index (χ1v) is 7.39. The van der Waals surface area contributed by atoms with Gasteiger partial charge in [0, 0.05) is 6.54 Å². The normalized spacial score (nSPS) is 27.6. The molecule has 3 rings (SSSR count).